The van der Waals surface area contributed by atoms with Crippen LogP contribution in [0.25, 0.3) is 0 Å². The Morgan fingerprint density at radius 1 is 0.895 bits per heavy atom. The van der Waals surface area contributed by atoms with E-state index in [2.05, 4.69) is 44.2 Å². The van der Waals surface area contributed by atoms with E-state index in [9.17, 15) is 5.11 Å². The summed E-state index contributed by atoms with van der Waals surface area (Å²) in [7, 11) is 0. The molecule has 0 fully saturated rings. The second-order valence-corrected chi connectivity index (χ2v) is 6.15. The van der Waals surface area contributed by atoms with Crippen LogP contribution >= 0.6 is 11.8 Å². The Hall–Kier alpha value is -1.25. The average Bonchev–Trinajstić information content (AvgIpc) is 2.39. The summed E-state index contributed by atoms with van der Waals surface area (Å²) in [6.07, 6.45) is -0.432. The normalized spacial score (nSPS) is 12.7. The molecule has 0 spiro atoms. The molecule has 0 unspecified atom stereocenters. The van der Waals surface area contributed by atoms with Crippen LogP contribution in [-0.4, -0.2) is 5.11 Å². The number of benzene rings is 2. The standard InChI is InChI=1S/C17H20OS/c1-12(2)14-8-10-15(11-9-14)19-17-7-5-4-6-16(17)13(3)18/h4-13,18H,1-3H3/t13-/m0/s1. The van der Waals surface area contributed by atoms with Crippen molar-refractivity contribution in [2.75, 3.05) is 0 Å². The molecular weight excluding hydrogens is 252 g/mol. The van der Waals surface area contributed by atoms with Crippen LogP contribution in [0.2, 0.25) is 0 Å². The molecule has 0 aliphatic carbocycles. The molecule has 2 aromatic carbocycles. The van der Waals surface area contributed by atoms with Gasteiger partial charge in [-0.25, -0.2) is 0 Å². The smallest absolute Gasteiger partial charge is 0.0772 e. The van der Waals surface area contributed by atoms with Crippen molar-refractivity contribution in [2.45, 2.75) is 42.6 Å². The molecule has 100 valence electrons. The van der Waals surface area contributed by atoms with Gasteiger partial charge in [-0.1, -0.05) is 55.9 Å². The van der Waals surface area contributed by atoms with Crippen LogP contribution in [0.1, 0.15) is 43.9 Å². The zero-order valence-electron chi connectivity index (χ0n) is 11.6. The Balaban J connectivity index is 2.21. The van der Waals surface area contributed by atoms with Crippen molar-refractivity contribution in [3.63, 3.8) is 0 Å². The number of rotatable bonds is 4. The van der Waals surface area contributed by atoms with Gasteiger partial charge in [-0.15, -0.1) is 0 Å². The van der Waals surface area contributed by atoms with E-state index < -0.39 is 6.10 Å². The van der Waals surface area contributed by atoms with E-state index in [1.807, 2.05) is 18.2 Å². The van der Waals surface area contributed by atoms with E-state index in [0.29, 0.717) is 5.92 Å². The third-order valence-electron chi connectivity index (χ3n) is 3.14. The van der Waals surface area contributed by atoms with Gasteiger partial charge < -0.3 is 5.11 Å². The minimum Gasteiger partial charge on any atom is -0.389 e. The molecular formula is C17H20OS. The summed E-state index contributed by atoms with van der Waals surface area (Å²) in [5, 5.41) is 9.79. The molecule has 0 aromatic heterocycles. The second-order valence-electron chi connectivity index (χ2n) is 5.04. The van der Waals surface area contributed by atoms with Gasteiger partial charge in [0.15, 0.2) is 0 Å². The molecule has 1 nitrogen and oxygen atoms in total. The molecule has 0 heterocycles. The first kappa shape index (κ1) is 14.2. The molecule has 2 heteroatoms. The zero-order chi connectivity index (χ0) is 13.8. The SMILES string of the molecule is CC(C)c1ccc(Sc2ccccc2[C@H](C)O)cc1. The van der Waals surface area contributed by atoms with Crippen LogP contribution in [0, 0.1) is 0 Å². The Labute approximate surface area is 119 Å². The maximum atomic E-state index is 9.79. The quantitative estimate of drug-likeness (QED) is 0.843. The van der Waals surface area contributed by atoms with Crippen molar-refractivity contribution in [3.8, 4) is 0 Å². The van der Waals surface area contributed by atoms with Crippen LogP contribution in [0.5, 0.6) is 0 Å². The van der Waals surface area contributed by atoms with Crippen LogP contribution in [-0.2, 0) is 0 Å². The summed E-state index contributed by atoms with van der Waals surface area (Å²) < 4.78 is 0. The first-order chi connectivity index (χ1) is 9.08. The van der Waals surface area contributed by atoms with Crippen molar-refractivity contribution < 1.29 is 5.11 Å². The molecule has 19 heavy (non-hydrogen) atoms. The molecule has 0 amide bonds. The monoisotopic (exact) mass is 272 g/mol. The topological polar surface area (TPSA) is 20.2 Å². The van der Waals surface area contributed by atoms with Crippen LogP contribution in [0.4, 0.5) is 0 Å². The van der Waals surface area contributed by atoms with Crippen LogP contribution in [0.15, 0.2) is 58.3 Å². The lowest BCUT2D eigenvalue weighted by Gasteiger charge is -2.12. The Kier molecular flexibility index (Phi) is 4.67. The molecule has 0 aliphatic rings. The molecule has 1 atom stereocenters. The second kappa shape index (κ2) is 6.27. The molecule has 0 saturated carbocycles. The van der Waals surface area contributed by atoms with Crippen molar-refractivity contribution in [1.29, 1.82) is 0 Å². The lowest BCUT2D eigenvalue weighted by molar-refractivity contribution is 0.196. The largest absolute Gasteiger partial charge is 0.389 e. The van der Waals surface area contributed by atoms with E-state index in [1.165, 1.54) is 10.5 Å². The fourth-order valence-electron chi connectivity index (χ4n) is 1.97. The van der Waals surface area contributed by atoms with Crippen molar-refractivity contribution in [3.05, 3.63) is 59.7 Å². The van der Waals surface area contributed by atoms with Gasteiger partial charge >= 0.3 is 0 Å². The summed E-state index contributed by atoms with van der Waals surface area (Å²) in [5.41, 5.74) is 2.34. The van der Waals surface area contributed by atoms with E-state index in [1.54, 1.807) is 18.7 Å². The van der Waals surface area contributed by atoms with Gasteiger partial charge in [0.05, 0.1) is 6.10 Å². The van der Waals surface area contributed by atoms with Gasteiger partial charge in [0.1, 0.15) is 0 Å². The summed E-state index contributed by atoms with van der Waals surface area (Å²) in [5.74, 6) is 0.559. The first-order valence-corrected chi connectivity index (χ1v) is 7.44. The lowest BCUT2D eigenvalue weighted by Crippen LogP contribution is -1.93. The lowest BCUT2D eigenvalue weighted by atomic mass is 10.0. The molecule has 0 bridgehead atoms. The van der Waals surface area contributed by atoms with Gasteiger partial charge in [-0.2, -0.15) is 0 Å². The average molecular weight is 272 g/mol. The highest BCUT2D eigenvalue weighted by molar-refractivity contribution is 7.99. The molecule has 0 radical (unpaired) electrons. The van der Waals surface area contributed by atoms with E-state index >= 15 is 0 Å². The minimum absolute atomic E-state index is 0.432. The Morgan fingerprint density at radius 2 is 1.53 bits per heavy atom. The molecule has 2 aromatic rings. The predicted molar refractivity (Wildman–Crippen MR) is 81.7 cm³/mol. The van der Waals surface area contributed by atoms with Gasteiger partial charge in [0.2, 0.25) is 0 Å². The van der Waals surface area contributed by atoms with Crippen molar-refractivity contribution in [1.82, 2.24) is 0 Å². The minimum atomic E-state index is -0.432. The number of hydrogen-bond acceptors (Lipinski definition) is 2. The fraction of sp³-hybridized carbons (Fsp3) is 0.294. The van der Waals surface area contributed by atoms with Crippen LogP contribution in [0.3, 0.4) is 0 Å². The van der Waals surface area contributed by atoms with E-state index in [4.69, 9.17) is 0 Å². The highest BCUT2D eigenvalue weighted by Gasteiger charge is 2.08. The summed E-state index contributed by atoms with van der Waals surface area (Å²) >= 11 is 1.70. The van der Waals surface area contributed by atoms with E-state index in [-0.39, 0.29) is 0 Å². The predicted octanol–water partition coefficient (Wildman–Crippen LogP) is 5.01. The highest BCUT2D eigenvalue weighted by atomic mass is 32.2. The summed E-state index contributed by atoms with van der Waals surface area (Å²) in [6.45, 7) is 6.21. The summed E-state index contributed by atoms with van der Waals surface area (Å²) in [6, 6.07) is 16.7. The Bertz CT molecular complexity index is 529. The van der Waals surface area contributed by atoms with Crippen LogP contribution < -0.4 is 0 Å². The Morgan fingerprint density at radius 3 is 2.11 bits per heavy atom. The molecule has 0 aliphatic heterocycles. The maximum absolute atomic E-state index is 9.79. The third-order valence-corrected chi connectivity index (χ3v) is 4.24. The zero-order valence-corrected chi connectivity index (χ0v) is 12.4. The van der Waals surface area contributed by atoms with Crippen molar-refractivity contribution in [2.24, 2.45) is 0 Å². The molecule has 1 N–H and O–H groups in total. The van der Waals surface area contributed by atoms with Gasteiger partial charge in [-0.05, 0) is 42.2 Å². The first-order valence-electron chi connectivity index (χ1n) is 6.62. The summed E-state index contributed by atoms with van der Waals surface area (Å²) in [4.78, 5) is 2.33. The molecule has 0 saturated heterocycles. The van der Waals surface area contributed by atoms with Crippen molar-refractivity contribution >= 4 is 11.8 Å². The fourth-order valence-corrected chi connectivity index (χ4v) is 3.00. The number of aliphatic hydroxyl groups excluding tert-OH is 1. The number of aliphatic hydroxyl groups is 1. The van der Waals surface area contributed by atoms with E-state index in [0.717, 1.165) is 10.5 Å². The van der Waals surface area contributed by atoms with Gasteiger partial charge in [0.25, 0.3) is 0 Å². The van der Waals surface area contributed by atoms with Gasteiger partial charge in [0, 0.05) is 9.79 Å². The maximum Gasteiger partial charge on any atom is 0.0772 e. The van der Waals surface area contributed by atoms with Gasteiger partial charge in [-0.3, -0.25) is 0 Å². The molecule has 2 rings (SSSR count). The highest BCUT2D eigenvalue weighted by Crippen LogP contribution is 2.33. The third kappa shape index (κ3) is 3.62. The number of hydrogen-bond donors (Lipinski definition) is 1.